The monoisotopic (exact) mass is 436 g/mol. The normalized spacial score (nSPS) is 11.1. The van der Waals surface area contributed by atoms with E-state index in [1.165, 1.54) is 0 Å². The van der Waals surface area contributed by atoms with Crippen LogP contribution in [0.25, 0.3) is 11.1 Å². The molecule has 4 aromatic rings. The van der Waals surface area contributed by atoms with Crippen LogP contribution in [0.3, 0.4) is 0 Å². The zero-order chi connectivity index (χ0) is 22.0. The van der Waals surface area contributed by atoms with Crippen molar-refractivity contribution in [1.82, 2.24) is 15.1 Å². The van der Waals surface area contributed by atoms with Gasteiger partial charge in [0.05, 0.1) is 21.7 Å². The number of hydrogen-bond donors (Lipinski definition) is 1. The molecule has 0 saturated carbocycles. The highest BCUT2D eigenvalue weighted by atomic mass is 35.5. The Morgan fingerprint density at radius 3 is 2.81 bits per heavy atom. The number of fused-ring (bicyclic) bond motifs is 1. The Hall–Kier alpha value is -3.45. The van der Waals surface area contributed by atoms with Crippen molar-refractivity contribution >= 4 is 34.3 Å². The van der Waals surface area contributed by atoms with Crippen LogP contribution in [-0.2, 0) is 6.61 Å². The molecule has 3 aromatic heterocycles. The van der Waals surface area contributed by atoms with Crippen LogP contribution in [0.1, 0.15) is 47.1 Å². The molecule has 0 spiro atoms. The largest absolute Gasteiger partial charge is 0.487 e. The van der Waals surface area contributed by atoms with Gasteiger partial charge in [0.15, 0.2) is 0 Å². The van der Waals surface area contributed by atoms with Crippen molar-refractivity contribution in [3.05, 3.63) is 76.3 Å². The summed E-state index contributed by atoms with van der Waals surface area (Å²) < 4.78 is 11.1. The van der Waals surface area contributed by atoms with Crippen LogP contribution in [0.15, 0.2) is 53.3 Å². The lowest BCUT2D eigenvalue weighted by Gasteiger charge is -2.12. The SMILES string of the molecule is Cc1noc2nc(C(C)C)cc(C(=O)Nc3ccc(OCc4cccnc4)c(Cl)c3)c12. The summed E-state index contributed by atoms with van der Waals surface area (Å²) in [6, 6.07) is 10.7. The van der Waals surface area contributed by atoms with E-state index in [2.05, 4.69) is 20.4 Å². The zero-order valence-electron chi connectivity index (χ0n) is 17.3. The lowest BCUT2D eigenvalue weighted by atomic mass is 10.0. The first-order valence-corrected chi connectivity index (χ1v) is 10.2. The highest BCUT2D eigenvalue weighted by molar-refractivity contribution is 6.32. The summed E-state index contributed by atoms with van der Waals surface area (Å²) >= 11 is 6.37. The minimum Gasteiger partial charge on any atom is -0.487 e. The number of ether oxygens (including phenoxy) is 1. The van der Waals surface area contributed by atoms with E-state index in [1.54, 1.807) is 43.6 Å². The molecule has 4 rings (SSSR count). The van der Waals surface area contributed by atoms with Crippen LogP contribution >= 0.6 is 11.6 Å². The fraction of sp³-hybridized carbons (Fsp3) is 0.217. The zero-order valence-corrected chi connectivity index (χ0v) is 18.1. The number of carbonyl (C=O) groups is 1. The van der Waals surface area contributed by atoms with Gasteiger partial charge >= 0.3 is 0 Å². The second-order valence-electron chi connectivity index (χ2n) is 7.45. The lowest BCUT2D eigenvalue weighted by molar-refractivity contribution is 0.102. The molecule has 0 atom stereocenters. The fourth-order valence-corrected chi connectivity index (χ4v) is 3.36. The van der Waals surface area contributed by atoms with Crippen molar-refractivity contribution in [1.29, 1.82) is 0 Å². The molecule has 158 valence electrons. The van der Waals surface area contributed by atoms with Gasteiger partial charge in [0.1, 0.15) is 12.4 Å². The average molecular weight is 437 g/mol. The van der Waals surface area contributed by atoms with Gasteiger partial charge in [0, 0.05) is 29.3 Å². The third-order valence-corrected chi connectivity index (χ3v) is 5.08. The number of nitrogens with one attached hydrogen (secondary N) is 1. The number of carbonyl (C=O) groups excluding carboxylic acids is 1. The first-order chi connectivity index (χ1) is 14.9. The van der Waals surface area contributed by atoms with E-state index < -0.39 is 0 Å². The summed E-state index contributed by atoms with van der Waals surface area (Å²) in [6.07, 6.45) is 3.44. The topological polar surface area (TPSA) is 90.1 Å². The Morgan fingerprint density at radius 1 is 1.26 bits per heavy atom. The molecule has 1 N–H and O–H groups in total. The minimum atomic E-state index is -0.291. The number of benzene rings is 1. The molecular weight excluding hydrogens is 416 g/mol. The van der Waals surface area contributed by atoms with Crippen LogP contribution < -0.4 is 10.1 Å². The lowest BCUT2D eigenvalue weighted by Crippen LogP contribution is -2.14. The number of anilines is 1. The van der Waals surface area contributed by atoms with E-state index in [-0.39, 0.29) is 11.8 Å². The third kappa shape index (κ3) is 4.51. The van der Waals surface area contributed by atoms with E-state index in [0.717, 1.165) is 11.3 Å². The van der Waals surface area contributed by atoms with Gasteiger partial charge in [0.2, 0.25) is 0 Å². The Kier molecular flexibility index (Phi) is 5.86. The van der Waals surface area contributed by atoms with Crippen molar-refractivity contribution in [2.75, 3.05) is 5.32 Å². The molecule has 1 aromatic carbocycles. The summed E-state index contributed by atoms with van der Waals surface area (Å²) in [5.74, 6) is 0.361. The van der Waals surface area contributed by atoms with Crippen LogP contribution in [0, 0.1) is 6.92 Å². The molecule has 0 radical (unpaired) electrons. The smallest absolute Gasteiger partial charge is 0.259 e. The Balaban J connectivity index is 1.55. The summed E-state index contributed by atoms with van der Waals surface area (Å²) in [4.78, 5) is 21.6. The molecule has 1 amide bonds. The van der Waals surface area contributed by atoms with Gasteiger partial charge in [-0.2, -0.15) is 0 Å². The van der Waals surface area contributed by atoms with E-state index in [1.807, 2.05) is 26.0 Å². The van der Waals surface area contributed by atoms with E-state index in [4.69, 9.17) is 20.9 Å². The van der Waals surface area contributed by atoms with E-state index in [9.17, 15) is 4.79 Å². The van der Waals surface area contributed by atoms with Crippen LogP contribution in [0.2, 0.25) is 5.02 Å². The number of halogens is 1. The quantitative estimate of drug-likeness (QED) is 0.427. The van der Waals surface area contributed by atoms with Gasteiger partial charge in [-0.05, 0) is 43.2 Å². The van der Waals surface area contributed by atoms with Crippen molar-refractivity contribution in [2.45, 2.75) is 33.3 Å². The Morgan fingerprint density at radius 2 is 2.10 bits per heavy atom. The molecule has 7 nitrogen and oxygen atoms in total. The van der Waals surface area contributed by atoms with Gasteiger partial charge in [-0.3, -0.25) is 9.78 Å². The van der Waals surface area contributed by atoms with Crippen molar-refractivity contribution in [2.24, 2.45) is 0 Å². The van der Waals surface area contributed by atoms with Gasteiger partial charge in [-0.15, -0.1) is 0 Å². The maximum atomic E-state index is 13.1. The number of nitrogens with zero attached hydrogens (tertiary/aromatic N) is 3. The van der Waals surface area contributed by atoms with Crippen LogP contribution in [0.5, 0.6) is 5.75 Å². The van der Waals surface area contributed by atoms with Crippen molar-refractivity contribution in [3.8, 4) is 5.75 Å². The molecule has 0 fully saturated rings. The van der Waals surface area contributed by atoms with Gasteiger partial charge in [-0.25, -0.2) is 4.98 Å². The predicted octanol–water partition coefficient (Wildman–Crippen LogP) is 5.53. The van der Waals surface area contributed by atoms with Crippen molar-refractivity contribution < 1.29 is 14.1 Å². The third-order valence-electron chi connectivity index (χ3n) is 4.78. The highest BCUT2D eigenvalue weighted by Crippen LogP contribution is 2.30. The molecule has 0 saturated heterocycles. The van der Waals surface area contributed by atoms with Crippen LogP contribution in [0.4, 0.5) is 5.69 Å². The molecule has 3 heterocycles. The molecule has 31 heavy (non-hydrogen) atoms. The second kappa shape index (κ2) is 8.73. The molecular formula is C23H21ClN4O3. The van der Waals surface area contributed by atoms with Gasteiger partial charge in [-0.1, -0.05) is 36.7 Å². The maximum absolute atomic E-state index is 13.1. The number of amides is 1. The molecule has 8 heteroatoms. The summed E-state index contributed by atoms with van der Waals surface area (Å²) in [7, 11) is 0. The minimum absolute atomic E-state index is 0.132. The first kappa shape index (κ1) is 20.8. The second-order valence-corrected chi connectivity index (χ2v) is 7.85. The first-order valence-electron chi connectivity index (χ1n) is 9.82. The average Bonchev–Trinajstić information content (AvgIpc) is 3.14. The number of pyridine rings is 2. The van der Waals surface area contributed by atoms with Gasteiger partial charge in [0.25, 0.3) is 11.6 Å². The molecule has 0 aliphatic rings. The molecule has 0 unspecified atom stereocenters. The van der Waals surface area contributed by atoms with E-state index >= 15 is 0 Å². The number of hydrogen-bond acceptors (Lipinski definition) is 6. The summed E-state index contributed by atoms with van der Waals surface area (Å²) in [6.45, 7) is 6.13. The maximum Gasteiger partial charge on any atom is 0.259 e. The highest BCUT2D eigenvalue weighted by Gasteiger charge is 2.20. The molecule has 0 aliphatic heterocycles. The Labute approximate surface area is 184 Å². The van der Waals surface area contributed by atoms with Crippen LogP contribution in [-0.4, -0.2) is 21.0 Å². The summed E-state index contributed by atoms with van der Waals surface area (Å²) in [5, 5.41) is 7.84. The van der Waals surface area contributed by atoms with Gasteiger partial charge < -0.3 is 14.6 Å². The number of aromatic nitrogens is 3. The molecule has 0 aliphatic carbocycles. The fourth-order valence-electron chi connectivity index (χ4n) is 3.13. The predicted molar refractivity (Wildman–Crippen MR) is 119 cm³/mol. The van der Waals surface area contributed by atoms with E-state index in [0.29, 0.717) is 45.4 Å². The standard InChI is InChI=1S/C23H21ClN4O3/c1-13(2)19-10-17(21-14(3)28-31-23(21)27-19)22(29)26-16-6-7-20(18(24)9-16)30-12-15-5-4-8-25-11-15/h4-11,13H,12H2,1-3H3,(H,26,29). The van der Waals surface area contributed by atoms with Crippen molar-refractivity contribution in [3.63, 3.8) is 0 Å². The summed E-state index contributed by atoms with van der Waals surface area (Å²) in [5.41, 5.74) is 3.66. The number of aryl methyl sites for hydroxylation is 1. The number of rotatable bonds is 6. The Bertz CT molecular complexity index is 1240. The molecule has 0 bridgehead atoms.